The van der Waals surface area contributed by atoms with E-state index in [0.717, 1.165) is 17.5 Å². The number of hydrogen-bond donors (Lipinski definition) is 1. The highest BCUT2D eigenvalue weighted by Crippen LogP contribution is 2.15. The Hall–Kier alpha value is -1.03. The molecule has 0 aromatic carbocycles. The van der Waals surface area contributed by atoms with Gasteiger partial charge in [0.15, 0.2) is 5.17 Å². The van der Waals surface area contributed by atoms with Gasteiger partial charge in [0.1, 0.15) is 0 Å². The Morgan fingerprint density at radius 2 is 2.21 bits per heavy atom. The molecular formula is C10H13N3S. The van der Waals surface area contributed by atoms with Gasteiger partial charge in [-0.25, -0.2) is 0 Å². The van der Waals surface area contributed by atoms with Gasteiger partial charge in [-0.05, 0) is 24.6 Å². The third-order valence-electron chi connectivity index (χ3n) is 2.13. The predicted octanol–water partition coefficient (Wildman–Crippen LogP) is 1.83. The Morgan fingerprint density at radius 3 is 2.86 bits per heavy atom. The molecule has 1 aliphatic rings. The third kappa shape index (κ3) is 2.26. The highest BCUT2D eigenvalue weighted by molar-refractivity contribution is 8.14. The molecule has 74 valence electrons. The van der Waals surface area contributed by atoms with Gasteiger partial charge < -0.3 is 5.32 Å². The van der Waals surface area contributed by atoms with Crippen LogP contribution in [0.3, 0.4) is 0 Å². The van der Waals surface area contributed by atoms with Crippen LogP contribution in [0.25, 0.3) is 0 Å². The lowest BCUT2D eigenvalue weighted by Crippen LogP contribution is -2.22. The van der Waals surface area contributed by atoms with E-state index in [4.69, 9.17) is 0 Å². The standard InChI is InChI=1S/C10H13N3S/c1-8(9-2-4-11-5-3-9)13-10-12-6-7-14-10/h2-5,8H,6-7H2,1H3,(H,12,13). The Morgan fingerprint density at radius 1 is 1.43 bits per heavy atom. The molecule has 0 amide bonds. The van der Waals surface area contributed by atoms with Gasteiger partial charge in [-0.15, -0.1) is 0 Å². The van der Waals surface area contributed by atoms with Gasteiger partial charge in [-0.2, -0.15) is 0 Å². The number of nitrogens with zero attached hydrogens (tertiary/aromatic N) is 2. The third-order valence-corrected chi connectivity index (χ3v) is 3.04. The summed E-state index contributed by atoms with van der Waals surface area (Å²) in [6.07, 6.45) is 3.63. The largest absolute Gasteiger partial charge is 0.358 e. The molecule has 0 bridgehead atoms. The van der Waals surface area contributed by atoms with E-state index in [1.54, 1.807) is 11.8 Å². The SMILES string of the molecule is CC(NC1=NCCS1)c1ccncc1. The van der Waals surface area contributed by atoms with Crippen LogP contribution >= 0.6 is 11.8 Å². The summed E-state index contributed by atoms with van der Waals surface area (Å²) >= 11 is 1.79. The summed E-state index contributed by atoms with van der Waals surface area (Å²) in [6.45, 7) is 3.08. The van der Waals surface area contributed by atoms with Crippen LogP contribution in [0, 0.1) is 0 Å². The predicted molar refractivity (Wildman–Crippen MR) is 60.5 cm³/mol. The lowest BCUT2D eigenvalue weighted by Gasteiger charge is -2.14. The molecule has 0 saturated heterocycles. The number of pyridine rings is 1. The van der Waals surface area contributed by atoms with Crippen molar-refractivity contribution < 1.29 is 0 Å². The molecule has 4 heteroatoms. The molecule has 1 N–H and O–H groups in total. The van der Waals surface area contributed by atoms with Crippen LogP contribution in [0.5, 0.6) is 0 Å². The van der Waals surface area contributed by atoms with Crippen LogP contribution in [-0.4, -0.2) is 22.4 Å². The van der Waals surface area contributed by atoms with E-state index < -0.39 is 0 Å². The normalized spacial score (nSPS) is 17.6. The molecule has 1 atom stereocenters. The first-order valence-corrected chi connectivity index (χ1v) is 5.68. The van der Waals surface area contributed by atoms with E-state index >= 15 is 0 Å². The van der Waals surface area contributed by atoms with Gasteiger partial charge in [0.25, 0.3) is 0 Å². The van der Waals surface area contributed by atoms with E-state index in [-0.39, 0.29) is 0 Å². The minimum Gasteiger partial charge on any atom is -0.358 e. The van der Waals surface area contributed by atoms with Gasteiger partial charge >= 0.3 is 0 Å². The Kier molecular flexibility index (Phi) is 3.03. The Labute approximate surface area is 88.0 Å². The minimum atomic E-state index is 0.308. The second-order valence-corrected chi connectivity index (χ2v) is 4.27. The molecule has 2 heterocycles. The molecule has 1 aromatic heterocycles. The topological polar surface area (TPSA) is 37.3 Å². The summed E-state index contributed by atoms with van der Waals surface area (Å²) in [5.74, 6) is 1.10. The monoisotopic (exact) mass is 207 g/mol. The van der Waals surface area contributed by atoms with Crippen molar-refractivity contribution in [1.82, 2.24) is 10.3 Å². The van der Waals surface area contributed by atoms with Crippen molar-refractivity contribution in [3.8, 4) is 0 Å². The van der Waals surface area contributed by atoms with Crippen molar-refractivity contribution in [1.29, 1.82) is 0 Å². The Balaban J connectivity index is 1.99. The number of nitrogens with one attached hydrogen (secondary N) is 1. The zero-order valence-corrected chi connectivity index (χ0v) is 8.92. The number of rotatable bonds is 2. The lowest BCUT2D eigenvalue weighted by atomic mass is 10.1. The van der Waals surface area contributed by atoms with E-state index in [0.29, 0.717) is 6.04 Å². The smallest absolute Gasteiger partial charge is 0.157 e. The van der Waals surface area contributed by atoms with Crippen LogP contribution in [0.1, 0.15) is 18.5 Å². The quantitative estimate of drug-likeness (QED) is 0.804. The first-order chi connectivity index (χ1) is 6.86. The first kappa shape index (κ1) is 9.52. The maximum atomic E-state index is 4.35. The second-order valence-electron chi connectivity index (χ2n) is 3.18. The van der Waals surface area contributed by atoms with Crippen molar-refractivity contribution in [3.63, 3.8) is 0 Å². The van der Waals surface area contributed by atoms with Gasteiger partial charge in [0.2, 0.25) is 0 Å². The highest BCUT2D eigenvalue weighted by atomic mass is 32.2. The van der Waals surface area contributed by atoms with Crippen LogP contribution in [0.4, 0.5) is 0 Å². The molecule has 14 heavy (non-hydrogen) atoms. The summed E-state index contributed by atoms with van der Waals surface area (Å²) in [6, 6.07) is 4.36. The van der Waals surface area contributed by atoms with Crippen molar-refractivity contribution in [3.05, 3.63) is 30.1 Å². The summed E-state index contributed by atoms with van der Waals surface area (Å²) in [5, 5.41) is 4.44. The second kappa shape index (κ2) is 4.46. The maximum absolute atomic E-state index is 4.35. The van der Waals surface area contributed by atoms with Gasteiger partial charge in [0.05, 0.1) is 12.6 Å². The first-order valence-electron chi connectivity index (χ1n) is 4.70. The number of thioether (sulfide) groups is 1. The summed E-state index contributed by atoms with van der Waals surface area (Å²) in [7, 11) is 0. The van der Waals surface area contributed by atoms with Crippen LogP contribution in [-0.2, 0) is 0 Å². The van der Waals surface area contributed by atoms with Gasteiger partial charge in [0, 0.05) is 18.1 Å². The Bertz CT molecular complexity index is 323. The zero-order valence-electron chi connectivity index (χ0n) is 8.10. The number of aromatic nitrogens is 1. The molecule has 1 aliphatic heterocycles. The molecular weight excluding hydrogens is 194 g/mol. The molecule has 1 unspecified atom stereocenters. The van der Waals surface area contributed by atoms with Gasteiger partial charge in [-0.1, -0.05) is 11.8 Å². The van der Waals surface area contributed by atoms with Crippen LogP contribution in [0.2, 0.25) is 0 Å². The number of hydrogen-bond acceptors (Lipinski definition) is 4. The summed E-state index contributed by atoms with van der Waals surface area (Å²) in [5.41, 5.74) is 1.25. The van der Waals surface area contributed by atoms with E-state index in [1.165, 1.54) is 5.56 Å². The molecule has 0 saturated carbocycles. The van der Waals surface area contributed by atoms with E-state index in [9.17, 15) is 0 Å². The average Bonchev–Trinajstić information content (AvgIpc) is 2.72. The average molecular weight is 207 g/mol. The minimum absolute atomic E-state index is 0.308. The van der Waals surface area contributed by atoms with Crippen molar-refractivity contribution in [2.45, 2.75) is 13.0 Å². The fourth-order valence-electron chi connectivity index (χ4n) is 1.34. The summed E-state index contributed by atoms with van der Waals surface area (Å²) < 4.78 is 0. The van der Waals surface area contributed by atoms with Crippen LogP contribution in [0.15, 0.2) is 29.5 Å². The number of aliphatic imine (C=N–C) groups is 1. The van der Waals surface area contributed by atoms with Crippen molar-refractivity contribution in [2.24, 2.45) is 4.99 Å². The maximum Gasteiger partial charge on any atom is 0.157 e. The number of amidine groups is 1. The summed E-state index contributed by atoms with van der Waals surface area (Å²) in [4.78, 5) is 8.35. The fraction of sp³-hybridized carbons (Fsp3) is 0.400. The van der Waals surface area contributed by atoms with E-state index in [1.807, 2.05) is 24.5 Å². The fourth-order valence-corrected chi connectivity index (χ4v) is 2.16. The molecule has 0 aliphatic carbocycles. The highest BCUT2D eigenvalue weighted by Gasteiger charge is 2.10. The molecule has 3 nitrogen and oxygen atoms in total. The van der Waals surface area contributed by atoms with Crippen molar-refractivity contribution >= 4 is 16.9 Å². The molecule has 0 spiro atoms. The van der Waals surface area contributed by atoms with Crippen molar-refractivity contribution in [2.75, 3.05) is 12.3 Å². The molecule has 2 rings (SSSR count). The zero-order chi connectivity index (χ0) is 9.80. The van der Waals surface area contributed by atoms with E-state index in [2.05, 4.69) is 22.2 Å². The lowest BCUT2D eigenvalue weighted by molar-refractivity contribution is 0.721. The molecule has 0 fully saturated rings. The van der Waals surface area contributed by atoms with Crippen LogP contribution < -0.4 is 5.32 Å². The van der Waals surface area contributed by atoms with Gasteiger partial charge in [-0.3, -0.25) is 9.98 Å². The molecule has 1 aromatic rings. The molecule has 0 radical (unpaired) electrons.